The van der Waals surface area contributed by atoms with Gasteiger partial charge in [0.1, 0.15) is 17.1 Å². The first-order valence-corrected chi connectivity index (χ1v) is 6.84. The van der Waals surface area contributed by atoms with Crippen molar-refractivity contribution in [3.8, 4) is 5.75 Å². The average molecular weight is 281 g/mol. The van der Waals surface area contributed by atoms with Gasteiger partial charge in [-0.25, -0.2) is 4.39 Å². The van der Waals surface area contributed by atoms with Crippen LogP contribution in [0.4, 0.5) is 4.39 Å². The molecule has 110 valence electrons. The van der Waals surface area contributed by atoms with E-state index in [-0.39, 0.29) is 11.7 Å². The predicted octanol–water partition coefficient (Wildman–Crippen LogP) is 2.49. The molecule has 2 rings (SSSR count). The highest BCUT2D eigenvalue weighted by atomic mass is 19.1. The van der Waals surface area contributed by atoms with Crippen LogP contribution in [0.1, 0.15) is 31.2 Å². The first-order valence-electron chi connectivity index (χ1n) is 6.84. The van der Waals surface area contributed by atoms with Crippen LogP contribution in [0.3, 0.4) is 0 Å². The summed E-state index contributed by atoms with van der Waals surface area (Å²) in [6.07, 6.45) is 2.70. The highest BCUT2D eigenvalue weighted by Crippen LogP contribution is 2.36. The van der Waals surface area contributed by atoms with E-state index in [0.29, 0.717) is 25.2 Å². The van der Waals surface area contributed by atoms with Gasteiger partial charge in [-0.3, -0.25) is 4.79 Å². The number of hydrogen-bond donors (Lipinski definition) is 2. The molecule has 1 saturated carbocycles. The van der Waals surface area contributed by atoms with Crippen molar-refractivity contribution in [3.63, 3.8) is 0 Å². The molecule has 1 fully saturated rings. The molecule has 5 heteroatoms. The van der Waals surface area contributed by atoms with Crippen molar-refractivity contribution in [2.75, 3.05) is 6.61 Å². The third-order valence-corrected chi connectivity index (χ3v) is 4.14. The van der Waals surface area contributed by atoms with Gasteiger partial charge in [0.2, 0.25) is 0 Å². The number of benzene rings is 1. The van der Waals surface area contributed by atoms with Gasteiger partial charge in [-0.05, 0) is 43.7 Å². The Labute approximate surface area is 117 Å². The van der Waals surface area contributed by atoms with E-state index in [1.54, 1.807) is 6.07 Å². The van der Waals surface area contributed by atoms with Crippen molar-refractivity contribution >= 4 is 5.97 Å². The quantitative estimate of drug-likeness (QED) is 0.869. The normalized spacial score (nSPS) is 25.6. The molecule has 4 nitrogen and oxygen atoms in total. The van der Waals surface area contributed by atoms with Gasteiger partial charge >= 0.3 is 5.97 Å². The molecule has 1 aromatic rings. The molecule has 2 unspecified atom stereocenters. The number of hydrogen-bond acceptors (Lipinski definition) is 3. The minimum Gasteiger partial charge on any atom is -0.493 e. The Kier molecular flexibility index (Phi) is 4.28. The molecular weight excluding hydrogens is 261 g/mol. The molecule has 20 heavy (non-hydrogen) atoms. The fourth-order valence-electron chi connectivity index (χ4n) is 2.83. The van der Waals surface area contributed by atoms with Crippen LogP contribution in [-0.4, -0.2) is 23.2 Å². The summed E-state index contributed by atoms with van der Waals surface area (Å²) in [5, 5.41) is 9.22. The number of rotatable bonds is 5. The van der Waals surface area contributed by atoms with Crippen molar-refractivity contribution in [1.82, 2.24) is 0 Å². The fourth-order valence-corrected chi connectivity index (χ4v) is 2.83. The summed E-state index contributed by atoms with van der Waals surface area (Å²) in [5.41, 5.74) is 5.68. The van der Waals surface area contributed by atoms with E-state index in [1.165, 1.54) is 12.1 Å². The monoisotopic (exact) mass is 281 g/mol. The lowest BCUT2D eigenvalue weighted by Gasteiger charge is -2.26. The van der Waals surface area contributed by atoms with E-state index in [4.69, 9.17) is 10.5 Å². The highest BCUT2D eigenvalue weighted by molar-refractivity contribution is 5.79. The van der Waals surface area contributed by atoms with Crippen LogP contribution in [0.5, 0.6) is 5.75 Å². The lowest BCUT2D eigenvalue weighted by molar-refractivity contribution is -0.144. The van der Waals surface area contributed by atoms with Crippen molar-refractivity contribution < 1.29 is 19.0 Å². The Morgan fingerprint density at radius 3 is 3.05 bits per heavy atom. The van der Waals surface area contributed by atoms with Gasteiger partial charge in [-0.1, -0.05) is 12.5 Å². The Morgan fingerprint density at radius 2 is 2.35 bits per heavy atom. The summed E-state index contributed by atoms with van der Waals surface area (Å²) in [6.45, 7) is 2.19. The summed E-state index contributed by atoms with van der Waals surface area (Å²) in [6, 6.07) is 4.39. The molecule has 1 aliphatic rings. The second kappa shape index (κ2) is 5.79. The molecular formula is C15H20FNO3. The van der Waals surface area contributed by atoms with Crippen LogP contribution < -0.4 is 10.5 Å². The Bertz CT molecular complexity index is 506. The summed E-state index contributed by atoms with van der Waals surface area (Å²) >= 11 is 0. The zero-order valence-corrected chi connectivity index (χ0v) is 11.6. The molecule has 0 radical (unpaired) electrons. The standard InChI is InChI=1S/C15H20FNO3/c1-10-4-5-12(16)9-13(10)20-8-6-11-3-2-7-15(11,17)14(18)19/h4-5,9,11H,2-3,6-8,17H2,1H3,(H,18,19). The molecule has 0 saturated heterocycles. The smallest absolute Gasteiger partial charge is 0.323 e. The maximum absolute atomic E-state index is 13.1. The summed E-state index contributed by atoms with van der Waals surface area (Å²) in [5.74, 6) is -0.873. The van der Waals surface area contributed by atoms with Gasteiger partial charge < -0.3 is 15.6 Å². The molecule has 2 atom stereocenters. The molecule has 3 N–H and O–H groups in total. The maximum atomic E-state index is 13.1. The second-order valence-electron chi connectivity index (χ2n) is 5.48. The van der Waals surface area contributed by atoms with E-state index >= 15 is 0 Å². The third kappa shape index (κ3) is 2.93. The number of carbonyl (C=O) groups is 1. The third-order valence-electron chi connectivity index (χ3n) is 4.14. The summed E-state index contributed by atoms with van der Waals surface area (Å²) in [4.78, 5) is 11.3. The van der Waals surface area contributed by atoms with E-state index < -0.39 is 11.5 Å². The topological polar surface area (TPSA) is 72.5 Å². The summed E-state index contributed by atoms with van der Waals surface area (Å²) < 4.78 is 18.7. The van der Waals surface area contributed by atoms with Gasteiger partial charge in [0.05, 0.1) is 6.61 Å². The van der Waals surface area contributed by atoms with Crippen molar-refractivity contribution in [2.45, 2.75) is 38.1 Å². The van der Waals surface area contributed by atoms with Crippen LogP contribution in [0, 0.1) is 18.7 Å². The average Bonchev–Trinajstić information content (AvgIpc) is 2.77. The molecule has 0 spiro atoms. The Balaban J connectivity index is 1.93. The van der Waals surface area contributed by atoms with Crippen molar-refractivity contribution in [2.24, 2.45) is 11.7 Å². The van der Waals surface area contributed by atoms with E-state index in [2.05, 4.69) is 0 Å². The molecule has 1 aliphatic carbocycles. The lowest BCUT2D eigenvalue weighted by atomic mass is 9.86. The molecule has 1 aromatic carbocycles. The summed E-state index contributed by atoms with van der Waals surface area (Å²) in [7, 11) is 0. The van der Waals surface area contributed by atoms with Crippen LogP contribution in [0.15, 0.2) is 18.2 Å². The van der Waals surface area contributed by atoms with E-state index in [1.807, 2.05) is 6.92 Å². The van der Waals surface area contributed by atoms with Crippen LogP contribution in [0.25, 0.3) is 0 Å². The Hall–Kier alpha value is -1.62. The van der Waals surface area contributed by atoms with Gasteiger partial charge in [0.25, 0.3) is 0 Å². The number of carboxylic acid groups (broad SMARTS) is 1. The number of carboxylic acids is 1. The van der Waals surface area contributed by atoms with E-state index in [9.17, 15) is 14.3 Å². The maximum Gasteiger partial charge on any atom is 0.323 e. The lowest BCUT2D eigenvalue weighted by Crippen LogP contribution is -2.51. The van der Waals surface area contributed by atoms with Gasteiger partial charge in [-0.15, -0.1) is 0 Å². The zero-order chi connectivity index (χ0) is 14.8. The minimum atomic E-state index is -1.14. The fraction of sp³-hybridized carbons (Fsp3) is 0.533. The molecule has 0 aliphatic heterocycles. The second-order valence-corrected chi connectivity index (χ2v) is 5.48. The van der Waals surface area contributed by atoms with Gasteiger partial charge in [0.15, 0.2) is 0 Å². The van der Waals surface area contributed by atoms with Crippen LogP contribution >= 0.6 is 0 Å². The van der Waals surface area contributed by atoms with Gasteiger partial charge in [-0.2, -0.15) is 0 Å². The first-order chi connectivity index (χ1) is 9.43. The number of ether oxygens (including phenoxy) is 1. The highest BCUT2D eigenvalue weighted by Gasteiger charge is 2.45. The Morgan fingerprint density at radius 1 is 1.60 bits per heavy atom. The van der Waals surface area contributed by atoms with Crippen LogP contribution in [0.2, 0.25) is 0 Å². The van der Waals surface area contributed by atoms with Crippen LogP contribution in [-0.2, 0) is 4.79 Å². The van der Waals surface area contributed by atoms with Crippen molar-refractivity contribution in [1.29, 1.82) is 0 Å². The molecule has 0 aromatic heterocycles. The molecule has 0 heterocycles. The predicted molar refractivity (Wildman–Crippen MR) is 73.1 cm³/mol. The first kappa shape index (κ1) is 14.8. The molecule has 0 bridgehead atoms. The van der Waals surface area contributed by atoms with Gasteiger partial charge in [0, 0.05) is 6.07 Å². The number of nitrogens with two attached hydrogens (primary N) is 1. The van der Waals surface area contributed by atoms with Crippen molar-refractivity contribution in [3.05, 3.63) is 29.6 Å². The minimum absolute atomic E-state index is 0.0890. The number of aryl methyl sites for hydroxylation is 1. The van der Waals surface area contributed by atoms with E-state index in [0.717, 1.165) is 18.4 Å². The number of aliphatic carboxylic acids is 1. The largest absolute Gasteiger partial charge is 0.493 e. The zero-order valence-electron chi connectivity index (χ0n) is 11.6. The SMILES string of the molecule is Cc1ccc(F)cc1OCCC1CCCC1(N)C(=O)O. The molecule has 0 amide bonds. The number of halogens is 1.